The third-order valence-corrected chi connectivity index (χ3v) is 3.47. The molecule has 4 heteroatoms. The monoisotopic (exact) mass is 284 g/mol. The fourth-order valence-corrected chi connectivity index (χ4v) is 2.44. The van der Waals surface area contributed by atoms with Crippen LogP contribution in [0.2, 0.25) is 5.02 Å². The van der Waals surface area contributed by atoms with Gasteiger partial charge in [-0.25, -0.2) is 4.39 Å². The first-order chi connectivity index (χ1) is 9.67. The second-order valence-corrected chi connectivity index (χ2v) is 5.01. The fourth-order valence-electron chi connectivity index (χ4n) is 2.26. The molecule has 0 N–H and O–H groups in total. The third kappa shape index (κ3) is 2.26. The van der Waals surface area contributed by atoms with Gasteiger partial charge >= 0.3 is 0 Å². The van der Waals surface area contributed by atoms with Crippen molar-refractivity contribution in [3.8, 4) is 6.07 Å². The van der Waals surface area contributed by atoms with Crippen LogP contribution in [0.4, 0.5) is 4.39 Å². The molecule has 0 aliphatic rings. The quantitative estimate of drug-likeness (QED) is 0.687. The minimum Gasteiger partial charge on any atom is -0.343 e. The first-order valence-electron chi connectivity index (χ1n) is 6.10. The van der Waals surface area contributed by atoms with Gasteiger partial charge in [0, 0.05) is 28.7 Å². The zero-order chi connectivity index (χ0) is 14.1. The molecule has 0 unspecified atom stereocenters. The number of fused-ring (bicyclic) bond motifs is 1. The standard InChI is InChI=1S/C16H10ClFN2/c17-14-2-4-16-12(8-14)5-6-20(16)10-11-1-3-15(18)13(7-11)9-19/h1-8H,10H2. The Morgan fingerprint density at radius 2 is 2.00 bits per heavy atom. The lowest BCUT2D eigenvalue weighted by atomic mass is 10.1. The van der Waals surface area contributed by atoms with Gasteiger partial charge in [-0.1, -0.05) is 17.7 Å². The molecule has 0 bridgehead atoms. The summed E-state index contributed by atoms with van der Waals surface area (Å²) < 4.78 is 15.3. The van der Waals surface area contributed by atoms with E-state index in [1.54, 1.807) is 12.1 Å². The van der Waals surface area contributed by atoms with Crippen LogP contribution in [-0.4, -0.2) is 4.57 Å². The Hall–Kier alpha value is -2.31. The van der Waals surface area contributed by atoms with E-state index >= 15 is 0 Å². The van der Waals surface area contributed by atoms with Crippen LogP contribution in [-0.2, 0) is 6.54 Å². The normalized spacial score (nSPS) is 10.7. The van der Waals surface area contributed by atoms with Gasteiger partial charge in [0.15, 0.2) is 0 Å². The van der Waals surface area contributed by atoms with Gasteiger partial charge in [0.25, 0.3) is 0 Å². The van der Waals surface area contributed by atoms with E-state index in [0.717, 1.165) is 16.5 Å². The summed E-state index contributed by atoms with van der Waals surface area (Å²) in [7, 11) is 0. The second-order valence-electron chi connectivity index (χ2n) is 4.57. The molecule has 0 fully saturated rings. The number of aromatic nitrogens is 1. The van der Waals surface area contributed by atoms with Gasteiger partial charge in [-0.15, -0.1) is 0 Å². The van der Waals surface area contributed by atoms with E-state index in [-0.39, 0.29) is 5.56 Å². The molecular formula is C16H10ClFN2. The number of nitriles is 1. The first kappa shape index (κ1) is 12.7. The van der Waals surface area contributed by atoms with Crippen LogP contribution >= 0.6 is 11.6 Å². The molecule has 2 aromatic carbocycles. The molecule has 20 heavy (non-hydrogen) atoms. The molecule has 0 atom stereocenters. The number of rotatable bonds is 2. The summed E-state index contributed by atoms with van der Waals surface area (Å²) >= 11 is 5.96. The molecule has 0 saturated heterocycles. The average Bonchev–Trinajstić information content (AvgIpc) is 2.83. The van der Waals surface area contributed by atoms with E-state index in [1.165, 1.54) is 6.07 Å². The lowest BCUT2D eigenvalue weighted by molar-refractivity contribution is 0.622. The van der Waals surface area contributed by atoms with Gasteiger partial charge in [-0.05, 0) is 42.0 Å². The predicted molar refractivity (Wildman–Crippen MR) is 77.2 cm³/mol. The van der Waals surface area contributed by atoms with Crippen LogP contribution in [0.15, 0.2) is 48.7 Å². The van der Waals surface area contributed by atoms with Crippen molar-refractivity contribution in [1.29, 1.82) is 5.26 Å². The molecule has 3 aromatic rings. The van der Waals surface area contributed by atoms with E-state index in [4.69, 9.17) is 16.9 Å². The lowest BCUT2D eigenvalue weighted by Gasteiger charge is -2.06. The molecule has 0 saturated carbocycles. The Labute approximate surface area is 120 Å². The molecule has 3 rings (SSSR count). The summed E-state index contributed by atoms with van der Waals surface area (Å²) in [5.74, 6) is -0.486. The van der Waals surface area contributed by atoms with Gasteiger partial charge in [-0.2, -0.15) is 5.26 Å². The minimum atomic E-state index is -0.486. The third-order valence-electron chi connectivity index (χ3n) is 3.24. The molecular weight excluding hydrogens is 275 g/mol. The van der Waals surface area contributed by atoms with Gasteiger partial charge < -0.3 is 4.57 Å². The highest BCUT2D eigenvalue weighted by Crippen LogP contribution is 2.21. The molecule has 0 spiro atoms. The number of halogens is 2. The maximum atomic E-state index is 13.3. The second kappa shape index (κ2) is 4.99. The first-order valence-corrected chi connectivity index (χ1v) is 6.48. The Bertz CT molecular complexity index is 830. The maximum absolute atomic E-state index is 13.3. The van der Waals surface area contributed by atoms with Crippen molar-refractivity contribution in [1.82, 2.24) is 4.57 Å². The molecule has 98 valence electrons. The largest absolute Gasteiger partial charge is 0.343 e. The fraction of sp³-hybridized carbons (Fsp3) is 0.0625. The molecule has 0 radical (unpaired) electrons. The molecule has 0 amide bonds. The van der Waals surface area contributed by atoms with Gasteiger partial charge in [0.05, 0.1) is 5.56 Å². The van der Waals surface area contributed by atoms with Crippen LogP contribution in [0.25, 0.3) is 10.9 Å². The SMILES string of the molecule is N#Cc1cc(Cn2ccc3cc(Cl)ccc32)ccc1F. The Morgan fingerprint density at radius 3 is 2.80 bits per heavy atom. The van der Waals surface area contributed by atoms with Crippen molar-refractivity contribution in [2.24, 2.45) is 0 Å². The topological polar surface area (TPSA) is 28.7 Å². The Kier molecular flexibility index (Phi) is 3.17. The highest BCUT2D eigenvalue weighted by Gasteiger charge is 2.06. The van der Waals surface area contributed by atoms with E-state index < -0.39 is 5.82 Å². The van der Waals surface area contributed by atoms with Crippen molar-refractivity contribution in [2.45, 2.75) is 6.54 Å². The number of benzene rings is 2. The molecule has 1 aromatic heterocycles. The maximum Gasteiger partial charge on any atom is 0.140 e. The van der Waals surface area contributed by atoms with Crippen LogP contribution < -0.4 is 0 Å². The highest BCUT2D eigenvalue weighted by molar-refractivity contribution is 6.31. The van der Waals surface area contributed by atoms with Crippen LogP contribution in [0.3, 0.4) is 0 Å². The van der Waals surface area contributed by atoms with E-state index in [9.17, 15) is 4.39 Å². The summed E-state index contributed by atoms with van der Waals surface area (Å²) in [4.78, 5) is 0. The molecule has 2 nitrogen and oxygen atoms in total. The zero-order valence-corrected chi connectivity index (χ0v) is 11.2. The van der Waals surface area contributed by atoms with Crippen LogP contribution in [0.5, 0.6) is 0 Å². The van der Waals surface area contributed by atoms with Crippen molar-refractivity contribution in [2.75, 3.05) is 0 Å². The lowest BCUT2D eigenvalue weighted by Crippen LogP contribution is -1.99. The molecule has 1 heterocycles. The smallest absolute Gasteiger partial charge is 0.140 e. The van der Waals surface area contributed by atoms with Crippen LogP contribution in [0.1, 0.15) is 11.1 Å². The number of hydrogen-bond donors (Lipinski definition) is 0. The van der Waals surface area contributed by atoms with Gasteiger partial charge in [0.2, 0.25) is 0 Å². The average molecular weight is 285 g/mol. The highest BCUT2D eigenvalue weighted by atomic mass is 35.5. The summed E-state index contributed by atoms with van der Waals surface area (Å²) in [6.07, 6.45) is 1.95. The van der Waals surface area contributed by atoms with E-state index in [2.05, 4.69) is 0 Å². The summed E-state index contributed by atoms with van der Waals surface area (Å²) in [6, 6.07) is 14.1. The zero-order valence-electron chi connectivity index (χ0n) is 10.5. The predicted octanol–water partition coefficient (Wildman–Crippen LogP) is 4.35. The summed E-state index contributed by atoms with van der Waals surface area (Å²) in [5, 5.41) is 10.6. The number of hydrogen-bond acceptors (Lipinski definition) is 1. The van der Waals surface area contributed by atoms with Crippen molar-refractivity contribution in [3.63, 3.8) is 0 Å². The summed E-state index contributed by atoms with van der Waals surface area (Å²) in [6.45, 7) is 0.583. The van der Waals surface area contributed by atoms with Crippen LogP contribution in [0, 0.1) is 17.1 Å². The van der Waals surface area contributed by atoms with Crippen molar-refractivity contribution >= 4 is 22.5 Å². The van der Waals surface area contributed by atoms with Gasteiger partial charge in [-0.3, -0.25) is 0 Å². The molecule has 0 aliphatic heterocycles. The minimum absolute atomic E-state index is 0.0713. The summed E-state index contributed by atoms with van der Waals surface area (Å²) in [5.41, 5.74) is 2.01. The molecule has 0 aliphatic carbocycles. The Balaban J connectivity index is 1.99. The Morgan fingerprint density at radius 1 is 1.15 bits per heavy atom. The van der Waals surface area contributed by atoms with E-state index in [0.29, 0.717) is 11.6 Å². The van der Waals surface area contributed by atoms with Crippen molar-refractivity contribution in [3.05, 3.63) is 70.6 Å². The number of nitrogens with zero attached hydrogens (tertiary/aromatic N) is 2. The van der Waals surface area contributed by atoms with Gasteiger partial charge in [0.1, 0.15) is 11.9 Å². The van der Waals surface area contributed by atoms with Crippen molar-refractivity contribution < 1.29 is 4.39 Å². The van der Waals surface area contributed by atoms with E-state index in [1.807, 2.05) is 41.1 Å².